The predicted molar refractivity (Wildman–Crippen MR) is 62.1 cm³/mol. The van der Waals surface area contributed by atoms with Crippen LogP contribution >= 0.6 is 0 Å². The molecule has 0 aliphatic heterocycles. The number of halogens is 1. The second kappa shape index (κ2) is 4.52. The summed E-state index contributed by atoms with van der Waals surface area (Å²) in [6, 6.07) is 3.98. The van der Waals surface area contributed by atoms with Crippen LogP contribution in [0, 0.1) is 22.4 Å². The van der Waals surface area contributed by atoms with E-state index < -0.39 is 16.4 Å². The molecular formula is C11H10FN4O2. The van der Waals surface area contributed by atoms with Gasteiger partial charge >= 0.3 is 5.69 Å². The van der Waals surface area contributed by atoms with Crippen LogP contribution < -0.4 is 0 Å². The van der Waals surface area contributed by atoms with E-state index in [9.17, 15) is 14.5 Å². The van der Waals surface area contributed by atoms with Crippen LogP contribution in [0.3, 0.4) is 0 Å². The van der Waals surface area contributed by atoms with Gasteiger partial charge in [-0.3, -0.25) is 10.1 Å². The van der Waals surface area contributed by atoms with Gasteiger partial charge in [0.15, 0.2) is 0 Å². The monoisotopic (exact) mass is 249 g/mol. The fourth-order valence-corrected chi connectivity index (χ4v) is 1.65. The first-order valence-corrected chi connectivity index (χ1v) is 5.18. The Bertz CT molecular complexity index is 609. The second-order valence-corrected chi connectivity index (χ2v) is 3.61. The maximum absolute atomic E-state index is 14.0. The number of nitro groups is 1. The largest absolute Gasteiger partial charge is 0.305 e. The van der Waals surface area contributed by atoms with E-state index in [0.29, 0.717) is 11.4 Å². The molecule has 1 aromatic heterocycles. The van der Waals surface area contributed by atoms with Crippen molar-refractivity contribution in [3.8, 4) is 11.3 Å². The number of nitro benzene ring substituents is 1. The maximum atomic E-state index is 14.0. The molecule has 18 heavy (non-hydrogen) atoms. The number of hydrogen-bond donors (Lipinski definition) is 0. The average molecular weight is 249 g/mol. The quantitative estimate of drug-likeness (QED) is 0.616. The van der Waals surface area contributed by atoms with Gasteiger partial charge in [-0.15, -0.1) is 0 Å². The molecule has 6 nitrogen and oxygen atoms in total. The molecule has 2 aromatic rings. The van der Waals surface area contributed by atoms with Crippen molar-refractivity contribution in [3.63, 3.8) is 0 Å². The minimum absolute atomic E-state index is 0.0744. The molecule has 0 spiro atoms. The van der Waals surface area contributed by atoms with Crippen molar-refractivity contribution in [1.29, 1.82) is 0 Å². The van der Waals surface area contributed by atoms with Crippen LogP contribution in [0.25, 0.3) is 11.3 Å². The van der Waals surface area contributed by atoms with Gasteiger partial charge in [0.2, 0.25) is 5.82 Å². The van der Waals surface area contributed by atoms with Crippen LogP contribution in [0.15, 0.2) is 18.2 Å². The minimum Gasteiger partial charge on any atom is -0.258 e. The average Bonchev–Trinajstić information content (AvgIpc) is 2.70. The van der Waals surface area contributed by atoms with Gasteiger partial charge in [-0.1, -0.05) is 13.0 Å². The smallest absolute Gasteiger partial charge is 0.258 e. The van der Waals surface area contributed by atoms with Gasteiger partial charge in [-0.05, 0) is 6.07 Å². The van der Waals surface area contributed by atoms with Crippen molar-refractivity contribution in [2.24, 2.45) is 7.05 Å². The van der Waals surface area contributed by atoms with Crippen molar-refractivity contribution in [1.82, 2.24) is 15.0 Å². The van der Waals surface area contributed by atoms with Gasteiger partial charge in [0, 0.05) is 25.1 Å². The lowest BCUT2D eigenvalue weighted by Crippen LogP contribution is -1.96. The van der Waals surface area contributed by atoms with Gasteiger partial charge < -0.3 is 0 Å². The highest BCUT2D eigenvalue weighted by Crippen LogP contribution is 2.29. The number of aryl methyl sites for hydroxylation is 1. The first-order valence-electron chi connectivity index (χ1n) is 5.18. The van der Waals surface area contributed by atoms with E-state index in [2.05, 4.69) is 10.2 Å². The number of hydrogen-bond acceptors (Lipinski definition) is 4. The van der Waals surface area contributed by atoms with Crippen molar-refractivity contribution < 1.29 is 9.31 Å². The maximum Gasteiger partial charge on any atom is 0.305 e. The summed E-state index contributed by atoms with van der Waals surface area (Å²) in [5.74, 6) is -0.897. The highest BCUT2D eigenvalue weighted by atomic mass is 19.1. The molecule has 1 heterocycles. The van der Waals surface area contributed by atoms with Crippen molar-refractivity contribution >= 4 is 5.69 Å². The van der Waals surface area contributed by atoms with Gasteiger partial charge in [-0.2, -0.15) is 19.4 Å². The number of nitrogens with zero attached hydrogens (tertiary/aromatic N) is 4. The molecule has 0 unspecified atom stereocenters. The molecule has 0 fully saturated rings. The van der Waals surface area contributed by atoms with Crippen LogP contribution in [-0.4, -0.2) is 19.9 Å². The molecule has 0 aliphatic carbocycles. The summed E-state index contributed by atoms with van der Waals surface area (Å²) in [6.07, 6.45) is 1.67. The van der Waals surface area contributed by atoms with Crippen LogP contribution in [0.5, 0.6) is 0 Å². The Hall–Kier alpha value is -2.31. The number of benzene rings is 1. The lowest BCUT2D eigenvalue weighted by Gasteiger charge is -2.01. The zero-order valence-electron chi connectivity index (χ0n) is 9.79. The zero-order valence-corrected chi connectivity index (χ0v) is 9.79. The molecule has 0 saturated heterocycles. The highest BCUT2D eigenvalue weighted by molar-refractivity contribution is 5.66. The lowest BCUT2D eigenvalue weighted by molar-refractivity contribution is -0.387. The summed E-state index contributed by atoms with van der Waals surface area (Å²) >= 11 is 0. The third-order valence-electron chi connectivity index (χ3n) is 2.44. The summed E-state index contributed by atoms with van der Waals surface area (Å²) in [5, 5.41) is 18.7. The zero-order chi connectivity index (χ0) is 13.3. The first kappa shape index (κ1) is 12.2. The Balaban J connectivity index is 2.64. The number of aromatic nitrogens is 3. The van der Waals surface area contributed by atoms with Crippen LogP contribution in [-0.2, 0) is 7.05 Å². The Morgan fingerprint density at radius 3 is 2.78 bits per heavy atom. The van der Waals surface area contributed by atoms with Crippen molar-refractivity contribution in [2.45, 2.75) is 6.92 Å². The van der Waals surface area contributed by atoms with E-state index in [-0.39, 0.29) is 5.56 Å². The summed E-state index contributed by atoms with van der Waals surface area (Å²) in [5.41, 5.74) is 0.281. The number of rotatable bonds is 3. The summed E-state index contributed by atoms with van der Waals surface area (Å²) in [6.45, 7) is 1.74. The summed E-state index contributed by atoms with van der Waals surface area (Å²) < 4.78 is 14.0. The molecular weight excluding hydrogens is 239 g/mol. The minimum atomic E-state index is -0.897. The molecule has 0 aliphatic rings. The second-order valence-electron chi connectivity index (χ2n) is 3.61. The lowest BCUT2D eigenvalue weighted by atomic mass is 10.1. The van der Waals surface area contributed by atoms with Gasteiger partial charge in [-0.25, -0.2) is 0 Å². The van der Waals surface area contributed by atoms with E-state index in [0.717, 1.165) is 6.07 Å². The Labute approximate surface area is 102 Å². The normalized spacial score (nSPS) is 10.6. The predicted octanol–water partition coefficient (Wildman–Crippen LogP) is 2.10. The first-order chi connectivity index (χ1) is 8.54. The molecule has 0 saturated carbocycles. The fourth-order valence-electron chi connectivity index (χ4n) is 1.65. The Morgan fingerprint density at radius 1 is 1.44 bits per heavy atom. The van der Waals surface area contributed by atoms with Crippen LogP contribution in [0.2, 0.25) is 0 Å². The van der Waals surface area contributed by atoms with E-state index in [1.54, 1.807) is 20.4 Å². The van der Waals surface area contributed by atoms with E-state index in [1.165, 1.54) is 16.9 Å². The standard InChI is InChI=1S/C11H10FN4O2/c1-3-8-11(14-15(2)13-8)7-5-4-6-9(10(7)12)16(17)18/h3-6H,1-2H3. The summed E-state index contributed by atoms with van der Waals surface area (Å²) in [4.78, 5) is 11.2. The molecule has 0 bridgehead atoms. The molecule has 1 aromatic carbocycles. The third kappa shape index (κ3) is 1.94. The molecule has 0 amide bonds. The molecule has 2 rings (SSSR count). The van der Waals surface area contributed by atoms with E-state index >= 15 is 0 Å². The van der Waals surface area contributed by atoms with Gasteiger partial charge in [0.1, 0.15) is 5.69 Å². The SMILES string of the molecule is C[CH]c1nn(C)nc1-c1cccc([N+](=O)[O-])c1F. The van der Waals surface area contributed by atoms with Gasteiger partial charge in [0.05, 0.1) is 10.6 Å². The Morgan fingerprint density at radius 2 is 2.17 bits per heavy atom. The van der Waals surface area contributed by atoms with Crippen molar-refractivity contribution in [2.75, 3.05) is 0 Å². The third-order valence-corrected chi connectivity index (χ3v) is 2.44. The van der Waals surface area contributed by atoms with Crippen LogP contribution in [0.1, 0.15) is 12.6 Å². The fraction of sp³-hybridized carbons (Fsp3) is 0.182. The van der Waals surface area contributed by atoms with Crippen LogP contribution in [0.4, 0.5) is 10.1 Å². The molecule has 0 atom stereocenters. The summed E-state index contributed by atoms with van der Waals surface area (Å²) in [7, 11) is 1.60. The topological polar surface area (TPSA) is 73.8 Å². The van der Waals surface area contributed by atoms with E-state index in [4.69, 9.17) is 0 Å². The molecule has 93 valence electrons. The molecule has 7 heteroatoms. The molecule has 0 N–H and O–H groups in total. The van der Waals surface area contributed by atoms with E-state index in [1.807, 2.05) is 0 Å². The van der Waals surface area contributed by atoms with Crippen molar-refractivity contribution in [3.05, 3.63) is 46.2 Å². The van der Waals surface area contributed by atoms with Gasteiger partial charge in [0.25, 0.3) is 0 Å². The highest BCUT2D eigenvalue weighted by Gasteiger charge is 2.22. The molecule has 1 radical (unpaired) electrons. The Kier molecular flexibility index (Phi) is 3.05.